The first kappa shape index (κ1) is 23.6. The summed E-state index contributed by atoms with van der Waals surface area (Å²) in [5.74, 6) is 1.87. The Morgan fingerprint density at radius 3 is 2.79 bits per heavy atom. The number of oxazole rings is 1. The third-order valence-corrected chi connectivity index (χ3v) is 4.59. The van der Waals surface area contributed by atoms with Crippen LogP contribution in [-0.4, -0.2) is 55.7 Å². The molecule has 1 N–H and O–H groups in total. The van der Waals surface area contributed by atoms with E-state index in [1.165, 1.54) is 25.0 Å². The summed E-state index contributed by atoms with van der Waals surface area (Å²) in [6.45, 7) is 5.86. The van der Waals surface area contributed by atoms with Crippen molar-refractivity contribution >= 4 is 29.9 Å². The number of hydrogen-bond acceptors (Lipinski definition) is 4. The Morgan fingerprint density at radius 2 is 2.10 bits per heavy atom. The molecule has 1 fully saturated rings. The Morgan fingerprint density at radius 1 is 1.34 bits per heavy atom. The van der Waals surface area contributed by atoms with Crippen molar-refractivity contribution in [1.82, 2.24) is 15.2 Å². The van der Waals surface area contributed by atoms with Crippen LogP contribution in [0.4, 0.5) is 4.39 Å². The molecule has 1 aliphatic carbocycles. The number of benzene rings is 1. The quantitative estimate of drug-likeness (QED) is 0.224. The van der Waals surface area contributed by atoms with E-state index in [1.807, 2.05) is 7.05 Å². The van der Waals surface area contributed by atoms with Gasteiger partial charge in [-0.05, 0) is 49.9 Å². The smallest absolute Gasteiger partial charge is 0.226 e. The lowest BCUT2D eigenvalue weighted by atomic mass is 10.2. The van der Waals surface area contributed by atoms with Crippen LogP contribution in [0, 0.1) is 11.7 Å². The molecule has 6 nitrogen and oxygen atoms in total. The normalized spacial score (nSPS) is 13.8. The third-order valence-electron chi connectivity index (χ3n) is 4.59. The molecule has 0 saturated heterocycles. The van der Waals surface area contributed by atoms with Crippen LogP contribution in [0.5, 0.6) is 0 Å². The zero-order chi connectivity index (χ0) is 19.8. The molecule has 29 heavy (non-hydrogen) atoms. The van der Waals surface area contributed by atoms with Crippen molar-refractivity contribution in [3.63, 3.8) is 0 Å². The minimum absolute atomic E-state index is 0. The van der Waals surface area contributed by atoms with Crippen molar-refractivity contribution in [2.45, 2.75) is 26.2 Å². The van der Waals surface area contributed by atoms with Gasteiger partial charge >= 0.3 is 0 Å². The van der Waals surface area contributed by atoms with E-state index in [2.05, 4.69) is 27.1 Å². The summed E-state index contributed by atoms with van der Waals surface area (Å²) in [7, 11) is 2.02. The molecule has 3 rings (SSSR count). The van der Waals surface area contributed by atoms with Crippen molar-refractivity contribution in [2.24, 2.45) is 10.9 Å². The maximum atomic E-state index is 13.0. The number of guanidine groups is 1. The number of likely N-dealkylation sites (N-methyl/N-ethyl adjacent to an activating group) is 1. The van der Waals surface area contributed by atoms with Gasteiger partial charge in [0.15, 0.2) is 5.96 Å². The van der Waals surface area contributed by atoms with Crippen LogP contribution in [0.3, 0.4) is 0 Å². The van der Waals surface area contributed by atoms with Gasteiger partial charge in [-0.1, -0.05) is 0 Å². The van der Waals surface area contributed by atoms with Gasteiger partial charge in [-0.25, -0.2) is 9.37 Å². The highest BCUT2D eigenvalue weighted by atomic mass is 127. The second-order valence-corrected chi connectivity index (χ2v) is 7.08. The summed E-state index contributed by atoms with van der Waals surface area (Å²) >= 11 is 0. The Balaban J connectivity index is 0.00000300. The molecule has 0 unspecified atom stereocenters. The molecule has 0 spiro atoms. The van der Waals surface area contributed by atoms with Crippen LogP contribution in [0.2, 0.25) is 0 Å². The maximum Gasteiger partial charge on any atom is 0.226 e. The number of rotatable bonds is 10. The van der Waals surface area contributed by atoms with Crippen molar-refractivity contribution in [3.8, 4) is 11.5 Å². The van der Waals surface area contributed by atoms with Crippen LogP contribution >= 0.6 is 24.0 Å². The molecule has 160 valence electrons. The van der Waals surface area contributed by atoms with Crippen molar-refractivity contribution in [1.29, 1.82) is 0 Å². The van der Waals surface area contributed by atoms with E-state index in [9.17, 15) is 4.39 Å². The number of nitrogens with zero attached hydrogens (tertiary/aromatic N) is 3. The summed E-state index contributed by atoms with van der Waals surface area (Å²) in [6, 6.07) is 6.12. The number of nitrogens with one attached hydrogen (secondary N) is 1. The monoisotopic (exact) mass is 516 g/mol. The average molecular weight is 516 g/mol. The molecule has 2 aromatic rings. The van der Waals surface area contributed by atoms with Gasteiger partial charge < -0.3 is 19.4 Å². The zero-order valence-electron chi connectivity index (χ0n) is 17.1. The van der Waals surface area contributed by atoms with Crippen LogP contribution in [0.1, 0.15) is 25.5 Å². The number of aromatic nitrogens is 1. The van der Waals surface area contributed by atoms with Crippen LogP contribution in [-0.2, 0) is 11.2 Å². The first-order valence-electron chi connectivity index (χ1n) is 9.93. The first-order chi connectivity index (χ1) is 13.7. The SMILES string of the molecule is CCNC(=NCCc1coc(-c2ccc(F)cc2)n1)N(C)CCOCC1CC1.I. The molecular formula is C21H30FIN4O2. The summed E-state index contributed by atoms with van der Waals surface area (Å²) < 4.78 is 24.3. The summed E-state index contributed by atoms with van der Waals surface area (Å²) in [5.41, 5.74) is 1.59. The van der Waals surface area contributed by atoms with Gasteiger partial charge in [0.25, 0.3) is 0 Å². The second kappa shape index (κ2) is 12.1. The van der Waals surface area contributed by atoms with Gasteiger partial charge in [-0.3, -0.25) is 4.99 Å². The minimum Gasteiger partial charge on any atom is -0.444 e. The lowest BCUT2D eigenvalue weighted by Crippen LogP contribution is -2.40. The number of halogens is 2. The van der Waals surface area contributed by atoms with Crippen LogP contribution in [0.25, 0.3) is 11.5 Å². The molecular weight excluding hydrogens is 486 g/mol. The fraction of sp³-hybridized carbons (Fsp3) is 0.524. The summed E-state index contributed by atoms with van der Waals surface area (Å²) in [6.07, 6.45) is 4.93. The van der Waals surface area contributed by atoms with Crippen molar-refractivity contribution in [3.05, 3.63) is 42.0 Å². The fourth-order valence-electron chi connectivity index (χ4n) is 2.73. The highest BCUT2D eigenvalue weighted by Crippen LogP contribution is 2.28. The second-order valence-electron chi connectivity index (χ2n) is 7.08. The minimum atomic E-state index is -0.275. The maximum absolute atomic E-state index is 13.0. The lowest BCUT2D eigenvalue weighted by Gasteiger charge is -2.22. The van der Waals surface area contributed by atoms with Crippen LogP contribution in [0.15, 0.2) is 39.9 Å². The molecule has 0 radical (unpaired) electrons. The molecule has 8 heteroatoms. The molecule has 1 aliphatic rings. The number of hydrogen-bond donors (Lipinski definition) is 1. The third kappa shape index (κ3) is 7.93. The summed E-state index contributed by atoms with van der Waals surface area (Å²) in [4.78, 5) is 11.2. The van der Waals surface area contributed by atoms with Crippen molar-refractivity contribution in [2.75, 3.05) is 39.9 Å². The molecule has 1 aromatic heterocycles. The highest BCUT2D eigenvalue weighted by molar-refractivity contribution is 14.0. The number of aliphatic imine (C=N–C) groups is 1. The number of ether oxygens (including phenoxy) is 1. The standard InChI is InChI=1S/C21H29FN4O2.HI/c1-3-23-21(26(2)12-13-27-14-16-4-5-16)24-11-10-19-15-28-20(25-19)17-6-8-18(22)9-7-17;/h6-9,15-16H,3-5,10-14H2,1-2H3,(H,23,24);1H. The van der Waals surface area contributed by atoms with E-state index in [4.69, 9.17) is 9.15 Å². The molecule has 1 saturated carbocycles. The Kier molecular flexibility index (Phi) is 9.86. The largest absolute Gasteiger partial charge is 0.444 e. The van der Waals surface area contributed by atoms with Gasteiger partial charge in [0.2, 0.25) is 5.89 Å². The zero-order valence-corrected chi connectivity index (χ0v) is 19.4. The summed E-state index contributed by atoms with van der Waals surface area (Å²) in [5, 5.41) is 3.31. The van der Waals surface area contributed by atoms with Gasteiger partial charge in [0.05, 0.1) is 12.3 Å². The van der Waals surface area contributed by atoms with E-state index in [0.29, 0.717) is 25.5 Å². The first-order valence-corrected chi connectivity index (χ1v) is 9.93. The Bertz CT molecular complexity index is 762. The van der Waals surface area contributed by atoms with Gasteiger partial charge in [0, 0.05) is 45.3 Å². The predicted octanol–water partition coefficient (Wildman–Crippen LogP) is 3.97. The van der Waals surface area contributed by atoms with E-state index in [-0.39, 0.29) is 29.8 Å². The topological polar surface area (TPSA) is 62.9 Å². The predicted molar refractivity (Wildman–Crippen MR) is 123 cm³/mol. The lowest BCUT2D eigenvalue weighted by molar-refractivity contribution is 0.115. The van der Waals surface area contributed by atoms with E-state index >= 15 is 0 Å². The molecule has 0 atom stereocenters. The molecule has 0 amide bonds. The Hall–Kier alpha value is -1.68. The molecule has 0 bridgehead atoms. The van der Waals surface area contributed by atoms with E-state index in [1.54, 1.807) is 18.4 Å². The Labute approximate surface area is 189 Å². The van der Waals surface area contributed by atoms with E-state index in [0.717, 1.165) is 42.8 Å². The fourth-order valence-corrected chi connectivity index (χ4v) is 2.73. The van der Waals surface area contributed by atoms with Crippen LogP contribution < -0.4 is 5.32 Å². The van der Waals surface area contributed by atoms with Gasteiger partial charge in [-0.2, -0.15) is 0 Å². The van der Waals surface area contributed by atoms with Gasteiger partial charge in [-0.15, -0.1) is 24.0 Å². The molecule has 1 heterocycles. The molecule has 0 aliphatic heterocycles. The molecule has 1 aromatic carbocycles. The average Bonchev–Trinajstić information content (AvgIpc) is 3.41. The van der Waals surface area contributed by atoms with Gasteiger partial charge in [0.1, 0.15) is 12.1 Å². The van der Waals surface area contributed by atoms with E-state index < -0.39 is 0 Å². The highest BCUT2D eigenvalue weighted by Gasteiger charge is 2.21. The van der Waals surface area contributed by atoms with Crippen molar-refractivity contribution < 1.29 is 13.5 Å².